The molecule has 0 aliphatic carbocycles. The maximum Gasteiger partial charge on any atom is 0.255 e. The molecule has 128 valence electrons. The van der Waals surface area contributed by atoms with Gasteiger partial charge in [-0.2, -0.15) is 0 Å². The number of carbonyl (C=O) groups excluding carboxylic acids is 1. The monoisotopic (exact) mass is 352 g/mol. The van der Waals surface area contributed by atoms with Crippen molar-refractivity contribution in [3.63, 3.8) is 0 Å². The molecule has 0 spiro atoms. The molecule has 2 aromatic carbocycles. The van der Waals surface area contributed by atoms with Crippen LogP contribution in [0.1, 0.15) is 10.4 Å². The van der Waals surface area contributed by atoms with Crippen molar-refractivity contribution in [2.24, 2.45) is 0 Å². The molecule has 0 saturated carbocycles. The van der Waals surface area contributed by atoms with Crippen LogP contribution in [0.4, 0.5) is 11.4 Å². The zero-order valence-electron chi connectivity index (χ0n) is 14.1. The molecular weight excluding hydrogens is 332 g/mol. The summed E-state index contributed by atoms with van der Waals surface area (Å²) in [5, 5.41) is 3.08. The third-order valence-corrected chi connectivity index (χ3v) is 5.38. The summed E-state index contributed by atoms with van der Waals surface area (Å²) in [6, 6.07) is 13.7. The summed E-state index contributed by atoms with van der Waals surface area (Å²) >= 11 is 1.55. The van der Waals surface area contributed by atoms with E-state index in [4.69, 9.17) is 0 Å². The van der Waals surface area contributed by atoms with Crippen LogP contribution in [0.5, 0.6) is 0 Å². The van der Waals surface area contributed by atoms with Gasteiger partial charge in [0.15, 0.2) is 0 Å². The molecular formula is C19H20N4OS. The lowest BCUT2D eigenvalue weighted by Crippen LogP contribution is -2.44. The molecule has 2 heterocycles. The molecule has 1 amide bonds. The van der Waals surface area contributed by atoms with E-state index in [1.807, 2.05) is 36.4 Å². The van der Waals surface area contributed by atoms with Gasteiger partial charge in [-0.15, -0.1) is 11.3 Å². The summed E-state index contributed by atoms with van der Waals surface area (Å²) < 4.78 is 1.03. The lowest BCUT2D eigenvalue weighted by molar-refractivity contribution is 0.102. The Kier molecular flexibility index (Phi) is 4.38. The van der Waals surface area contributed by atoms with E-state index < -0.39 is 0 Å². The number of fused-ring (bicyclic) bond motifs is 1. The highest BCUT2D eigenvalue weighted by atomic mass is 32.1. The summed E-state index contributed by atoms with van der Waals surface area (Å²) in [7, 11) is 2.14. The molecule has 0 unspecified atom stereocenters. The molecule has 25 heavy (non-hydrogen) atoms. The molecule has 0 radical (unpaired) electrons. The van der Waals surface area contributed by atoms with Gasteiger partial charge in [0.25, 0.3) is 5.91 Å². The number of thiazole rings is 1. The first kappa shape index (κ1) is 16.1. The Morgan fingerprint density at radius 2 is 1.92 bits per heavy atom. The average Bonchev–Trinajstić information content (AvgIpc) is 3.11. The van der Waals surface area contributed by atoms with E-state index in [0.717, 1.165) is 47.8 Å². The smallest absolute Gasteiger partial charge is 0.255 e. The standard InChI is InChI=1S/C19H20N4OS/c1-22-8-10-23(11-9-22)17-5-3-2-4-15(17)21-19(24)14-6-7-16-18(12-14)25-13-20-16/h2-7,12-13H,8-11H2,1H3,(H,21,24). The van der Waals surface area contributed by atoms with E-state index in [9.17, 15) is 4.79 Å². The Hall–Kier alpha value is -2.44. The third-order valence-electron chi connectivity index (χ3n) is 4.59. The Morgan fingerprint density at radius 1 is 1.12 bits per heavy atom. The van der Waals surface area contributed by atoms with E-state index in [0.29, 0.717) is 5.56 Å². The second-order valence-electron chi connectivity index (χ2n) is 6.30. The first-order valence-electron chi connectivity index (χ1n) is 8.38. The molecule has 1 fully saturated rings. The van der Waals surface area contributed by atoms with Gasteiger partial charge in [-0.25, -0.2) is 4.98 Å². The van der Waals surface area contributed by atoms with E-state index in [-0.39, 0.29) is 5.91 Å². The summed E-state index contributed by atoms with van der Waals surface area (Å²) in [5.41, 5.74) is 5.34. The van der Waals surface area contributed by atoms with Gasteiger partial charge in [0.05, 0.1) is 27.1 Å². The molecule has 1 N–H and O–H groups in total. The lowest BCUT2D eigenvalue weighted by Gasteiger charge is -2.35. The number of hydrogen-bond acceptors (Lipinski definition) is 5. The highest BCUT2D eigenvalue weighted by Crippen LogP contribution is 2.27. The number of nitrogens with zero attached hydrogens (tertiary/aromatic N) is 3. The Bertz CT molecular complexity index is 899. The van der Waals surface area contributed by atoms with Gasteiger partial charge >= 0.3 is 0 Å². The number of hydrogen-bond donors (Lipinski definition) is 1. The Balaban J connectivity index is 1.56. The number of aromatic nitrogens is 1. The number of likely N-dealkylation sites (N-methyl/N-ethyl adjacent to an activating group) is 1. The first-order valence-corrected chi connectivity index (χ1v) is 9.26. The van der Waals surface area contributed by atoms with Gasteiger partial charge < -0.3 is 15.1 Å². The highest BCUT2D eigenvalue weighted by Gasteiger charge is 2.18. The van der Waals surface area contributed by atoms with Crippen molar-refractivity contribution in [1.29, 1.82) is 0 Å². The third kappa shape index (κ3) is 3.36. The van der Waals surface area contributed by atoms with Crippen LogP contribution in [0.3, 0.4) is 0 Å². The van der Waals surface area contributed by atoms with Crippen molar-refractivity contribution in [1.82, 2.24) is 9.88 Å². The Labute approximate surface area is 150 Å². The van der Waals surface area contributed by atoms with Gasteiger partial charge in [0, 0.05) is 31.7 Å². The maximum atomic E-state index is 12.7. The summed E-state index contributed by atoms with van der Waals surface area (Å²) in [5.74, 6) is -0.0862. The van der Waals surface area contributed by atoms with E-state index in [1.165, 1.54) is 0 Å². The number of nitrogens with one attached hydrogen (secondary N) is 1. The van der Waals surface area contributed by atoms with Crippen LogP contribution in [-0.2, 0) is 0 Å². The zero-order chi connectivity index (χ0) is 17.2. The number of rotatable bonds is 3. The molecule has 3 aromatic rings. The minimum Gasteiger partial charge on any atom is -0.367 e. The molecule has 4 rings (SSSR count). The van der Waals surface area contributed by atoms with Crippen LogP contribution in [0.15, 0.2) is 48.0 Å². The van der Waals surface area contributed by atoms with Crippen LogP contribution in [0, 0.1) is 0 Å². The zero-order valence-corrected chi connectivity index (χ0v) is 14.9. The van der Waals surface area contributed by atoms with E-state index in [2.05, 4.69) is 33.2 Å². The van der Waals surface area contributed by atoms with Crippen molar-refractivity contribution < 1.29 is 4.79 Å². The fourth-order valence-corrected chi connectivity index (χ4v) is 3.81. The van der Waals surface area contributed by atoms with Crippen molar-refractivity contribution in [2.45, 2.75) is 0 Å². The summed E-state index contributed by atoms with van der Waals surface area (Å²) in [6.45, 7) is 4.00. The van der Waals surface area contributed by atoms with Crippen molar-refractivity contribution in [3.05, 3.63) is 53.5 Å². The molecule has 0 bridgehead atoms. The van der Waals surface area contributed by atoms with Crippen molar-refractivity contribution in [2.75, 3.05) is 43.4 Å². The predicted molar refractivity (Wildman–Crippen MR) is 104 cm³/mol. The molecule has 6 heteroatoms. The van der Waals surface area contributed by atoms with Gasteiger partial charge in [-0.05, 0) is 37.4 Å². The van der Waals surface area contributed by atoms with Gasteiger partial charge in [0.1, 0.15) is 0 Å². The second-order valence-corrected chi connectivity index (χ2v) is 7.18. The molecule has 1 aliphatic heterocycles. The second kappa shape index (κ2) is 6.82. The molecule has 1 saturated heterocycles. The Morgan fingerprint density at radius 3 is 2.76 bits per heavy atom. The number of piperazine rings is 1. The van der Waals surface area contributed by atoms with Crippen molar-refractivity contribution in [3.8, 4) is 0 Å². The minimum atomic E-state index is -0.0862. The van der Waals surface area contributed by atoms with Gasteiger partial charge in [0.2, 0.25) is 0 Å². The largest absolute Gasteiger partial charge is 0.367 e. The number of benzene rings is 2. The molecule has 5 nitrogen and oxygen atoms in total. The SMILES string of the molecule is CN1CCN(c2ccccc2NC(=O)c2ccc3ncsc3c2)CC1. The fourth-order valence-electron chi connectivity index (χ4n) is 3.09. The molecule has 0 atom stereocenters. The normalized spacial score (nSPS) is 15.5. The van der Waals surface area contributed by atoms with Crippen molar-refractivity contribution >= 4 is 38.8 Å². The predicted octanol–water partition coefficient (Wildman–Crippen LogP) is 3.30. The van der Waals surface area contributed by atoms with Crippen LogP contribution >= 0.6 is 11.3 Å². The first-order chi connectivity index (χ1) is 12.2. The summed E-state index contributed by atoms with van der Waals surface area (Å²) in [4.78, 5) is 21.6. The van der Waals surface area contributed by atoms with Crippen LogP contribution in [0.25, 0.3) is 10.2 Å². The number of anilines is 2. The van der Waals surface area contributed by atoms with Gasteiger partial charge in [-0.3, -0.25) is 4.79 Å². The fraction of sp³-hybridized carbons (Fsp3) is 0.263. The summed E-state index contributed by atoms with van der Waals surface area (Å²) in [6.07, 6.45) is 0. The van der Waals surface area contributed by atoms with Crippen LogP contribution in [0.2, 0.25) is 0 Å². The highest BCUT2D eigenvalue weighted by molar-refractivity contribution is 7.16. The maximum absolute atomic E-state index is 12.7. The van der Waals surface area contributed by atoms with E-state index >= 15 is 0 Å². The number of carbonyl (C=O) groups is 1. The van der Waals surface area contributed by atoms with Crippen LogP contribution < -0.4 is 10.2 Å². The van der Waals surface area contributed by atoms with Crippen LogP contribution in [-0.4, -0.2) is 49.0 Å². The average molecular weight is 352 g/mol. The molecule has 1 aliphatic rings. The molecule has 1 aromatic heterocycles. The number of para-hydroxylation sites is 2. The number of amides is 1. The van der Waals surface area contributed by atoms with E-state index in [1.54, 1.807) is 16.8 Å². The minimum absolute atomic E-state index is 0.0862. The topological polar surface area (TPSA) is 48.5 Å². The quantitative estimate of drug-likeness (QED) is 0.786. The lowest BCUT2D eigenvalue weighted by atomic mass is 10.1. The van der Waals surface area contributed by atoms with Gasteiger partial charge in [-0.1, -0.05) is 12.1 Å².